The lowest BCUT2D eigenvalue weighted by atomic mass is 10.1. The molecule has 1 unspecified atom stereocenters. The van der Waals surface area contributed by atoms with Crippen molar-refractivity contribution in [2.24, 2.45) is 5.92 Å². The van der Waals surface area contributed by atoms with Gasteiger partial charge in [0.2, 0.25) is 5.91 Å². The molecule has 0 aliphatic carbocycles. The van der Waals surface area contributed by atoms with E-state index >= 15 is 0 Å². The molecular weight excluding hydrogens is 385 g/mol. The van der Waals surface area contributed by atoms with Crippen LogP contribution in [0.25, 0.3) is 0 Å². The summed E-state index contributed by atoms with van der Waals surface area (Å²) in [5.74, 6) is -1.29. The second kappa shape index (κ2) is 9.52. The Morgan fingerprint density at radius 3 is 2.63 bits per heavy atom. The summed E-state index contributed by atoms with van der Waals surface area (Å²) in [5.41, 5.74) is 0.676. The summed E-state index contributed by atoms with van der Waals surface area (Å²) in [6.07, 6.45) is 1.38. The lowest BCUT2D eigenvalue weighted by Gasteiger charge is -2.24. The third kappa shape index (κ3) is 5.03. The predicted molar refractivity (Wildman–Crippen MR) is 113 cm³/mol. The van der Waals surface area contributed by atoms with E-state index in [1.165, 1.54) is 18.2 Å². The van der Waals surface area contributed by atoms with E-state index in [1.54, 1.807) is 35.2 Å². The Labute approximate surface area is 175 Å². The van der Waals surface area contributed by atoms with E-state index in [0.29, 0.717) is 36.7 Å². The molecule has 6 nitrogen and oxygen atoms in total. The second-order valence-electron chi connectivity index (χ2n) is 7.81. The molecule has 0 aromatic heterocycles. The molecule has 3 rings (SSSR count). The van der Waals surface area contributed by atoms with Crippen molar-refractivity contribution in [3.05, 3.63) is 65.5 Å². The van der Waals surface area contributed by atoms with Gasteiger partial charge in [0.05, 0.1) is 5.56 Å². The van der Waals surface area contributed by atoms with Gasteiger partial charge < -0.3 is 15.5 Å². The summed E-state index contributed by atoms with van der Waals surface area (Å²) in [6.45, 7) is 5.09. The highest BCUT2D eigenvalue weighted by Crippen LogP contribution is 2.22. The SMILES string of the molecule is CC(C)CNC(=O)C1CCCN1C(=O)c1cccc(NC(=O)c2ccccc2F)c1. The summed E-state index contributed by atoms with van der Waals surface area (Å²) in [6, 6.07) is 11.7. The number of halogens is 1. The molecule has 30 heavy (non-hydrogen) atoms. The largest absolute Gasteiger partial charge is 0.354 e. The quantitative estimate of drug-likeness (QED) is 0.764. The number of nitrogens with one attached hydrogen (secondary N) is 2. The topological polar surface area (TPSA) is 78.5 Å². The van der Waals surface area contributed by atoms with Gasteiger partial charge in [-0.3, -0.25) is 14.4 Å². The third-order valence-corrected chi connectivity index (χ3v) is 4.99. The highest BCUT2D eigenvalue weighted by Gasteiger charge is 2.34. The molecule has 158 valence electrons. The smallest absolute Gasteiger partial charge is 0.258 e. The zero-order valence-corrected chi connectivity index (χ0v) is 17.2. The monoisotopic (exact) mass is 411 g/mol. The molecule has 1 saturated heterocycles. The van der Waals surface area contributed by atoms with Crippen molar-refractivity contribution in [2.45, 2.75) is 32.7 Å². The van der Waals surface area contributed by atoms with Crippen LogP contribution in [-0.2, 0) is 4.79 Å². The molecule has 2 N–H and O–H groups in total. The van der Waals surface area contributed by atoms with Gasteiger partial charge in [-0.05, 0) is 49.1 Å². The molecule has 0 bridgehead atoms. The molecule has 7 heteroatoms. The summed E-state index contributed by atoms with van der Waals surface area (Å²) in [5, 5.41) is 5.52. The summed E-state index contributed by atoms with van der Waals surface area (Å²) in [4.78, 5) is 39.5. The average Bonchev–Trinajstić information content (AvgIpc) is 3.22. The molecule has 0 spiro atoms. The van der Waals surface area contributed by atoms with Crippen molar-refractivity contribution in [1.29, 1.82) is 0 Å². The Morgan fingerprint density at radius 1 is 1.13 bits per heavy atom. The van der Waals surface area contributed by atoms with Crippen LogP contribution in [0.1, 0.15) is 47.4 Å². The van der Waals surface area contributed by atoms with Crippen molar-refractivity contribution in [1.82, 2.24) is 10.2 Å². The predicted octanol–water partition coefficient (Wildman–Crippen LogP) is 3.45. The van der Waals surface area contributed by atoms with Crippen molar-refractivity contribution in [2.75, 3.05) is 18.4 Å². The number of rotatable bonds is 6. The standard InChI is InChI=1S/C23H26FN3O3/c1-15(2)14-25-22(29)20-11-6-12-27(20)23(30)16-7-5-8-17(13-16)26-21(28)18-9-3-4-10-19(18)24/h3-5,7-10,13,15,20H,6,11-12,14H2,1-2H3,(H,25,29)(H,26,28). The fourth-order valence-electron chi connectivity index (χ4n) is 3.44. The Morgan fingerprint density at radius 2 is 1.90 bits per heavy atom. The van der Waals surface area contributed by atoms with Crippen molar-refractivity contribution in [3.8, 4) is 0 Å². The van der Waals surface area contributed by atoms with Gasteiger partial charge in [0.25, 0.3) is 11.8 Å². The van der Waals surface area contributed by atoms with Crippen molar-refractivity contribution < 1.29 is 18.8 Å². The first-order valence-corrected chi connectivity index (χ1v) is 10.1. The number of likely N-dealkylation sites (tertiary alicyclic amines) is 1. The first-order chi connectivity index (χ1) is 14.4. The van der Waals surface area contributed by atoms with Crippen molar-refractivity contribution in [3.63, 3.8) is 0 Å². The molecular formula is C23H26FN3O3. The van der Waals surface area contributed by atoms with E-state index in [9.17, 15) is 18.8 Å². The molecule has 1 aliphatic rings. The third-order valence-electron chi connectivity index (χ3n) is 4.99. The first kappa shape index (κ1) is 21.5. The number of carbonyl (C=O) groups is 3. The number of hydrogen-bond acceptors (Lipinski definition) is 3. The van der Waals surface area contributed by atoms with Crippen LogP contribution in [0.5, 0.6) is 0 Å². The Hall–Kier alpha value is -3.22. The average molecular weight is 411 g/mol. The minimum Gasteiger partial charge on any atom is -0.354 e. The zero-order valence-electron chi connectivity index (χ0n) is 17.2. The van der Waals surface area contributed by atoms with Crippen LogP contribution in [0.15, 0.2) is 48.5 Å². The van der Waals surface area contributed by atoms with E-state index < -0.39 is 17.8 Å². The van der Waals surface area contributed by atoms with E-state index in [4.69, 9.17) is 0 Å². The summed E-state index contributed by atoms with van der Waals surface area (Å²) in [7, 11) is 0. The maximum Gasteiger partial charge on any atom is 0.258 e. The fraction of sp³-hybridized carbons (Fsp3) is 0.348. The highest BCUT2D eigenvalue weighted by molar-refractivity contribution is 6.05. The highest BCUT2D eigenvalue weighted by atomic mass is 19.1. The van der Waals surface area contributed by atoms with Gasteiger partial charge in [0.1, 0.15) is 11.9 Å². The molecule has 2 aromatic rings. The molecule has 1 aliphatic heterocycles. The number of amides is 3. The van der Waals surface area contributed by atoms with Crippen LogP contribution in [0.2, 0.25) is 0 Å². The summed E-state index contributed by atoms with van der Waals surface area (Å²) >= 11 is 0. The van der Waals surface area contributed by atoms with Crippen LogP contribution < -0.4 is 10.6 Å². The van der Waals surface area contributed by atoms with Crippen LogP contribution in [-0.4, -0.2) is 41.8 Å². The van der Waals surface area contributed by atoms with Crippen LogP contribution >= 0.6 is 0 Å². The molecule has 1 heterocycles. The first-order valence-electron chi connectivity index (χ1n) is 10.1. The van der Waals surface area contributed by atoms with Gasteiger partial charge in [-0.15, -0.1) is 0 Å². The van der Waals surface area contributed by atoms with Crippen LogP contribution in [0.4, 0.5) is 10.1 Å². The molecule has 3 amide bonds. The lowest BCUT2D eigenvalue weighted by molar-refractivity contribution is -0.125. The van der Waals surface area contributed by atoms with Gasteiger partial charge in [-0.25, -0.2) is 4.39 Å². The Bertz CT molecular complexity index is 945. The van der Waals surface area contributed by atoms with E-state index in [1.807, 2.05) is 13.8 Å². The number of nitrogens with zero attached hydrogens (tertiary/aromatic N) is 1. The van der Waals surface area contributed by atoms with E-state index in [0.717, 1.165) is 6.42 Å². The molecule has 0 saturated carbocycles. The van der Waals surface area contributed by atoms with Gasteiger partial charge >= 0.3 is 0 Å². The van der Waals surface area contributed by atoms with Crippen LogP contribution in [0, 0.1) is 11.7 Å². The maximum absolute atomic E-state index is 13.8. The van der Waals surface area contributed by atoms with Gasteiger partial charge in [-0.2, -0.15) is 0 Å². The maximum atomic E-state index is 13.8. The van der Waals surface area contributed by atoms with E-state index in [2.05, 4.69) is 10.6 Å². The molecule has 1 atom stereocenters. The molecule has 1 fully saturated rings. The number of anilines is 1. The van der Waals surface area contributed by atoms with Crippen molar-refractivity contribution >= 4 is 23.4 Å². The fourth-order valence-corrected chi connectivity index (χ4v) is 3.44. The lowest BCUT2D eigenvalue weighted by Crippen LogP contribution is -2.46. The van der Waals surface area contributed by atoms with Crippen LogP contribution in [0.3, 0.4) is 0 Å². The Kier molecular flexibility index (Phi) is 6.82. The van der Waals surface area contributed by atoms with E-state index in [-0.39, 0.29) is 17.4 Å². The van der Waals surface area contributed by atoms with Gasteiger partial charge in [-0.1, -0.05) is 32.0 Å². The number of carbonyl (C=O) groups excluding carboxylic acids is 3. The number of hydrogen-bond donors (Lipinski definition) is 2. The second-order valence-corrected chi connectivity index (χ2v) is 7.81. The summed E-state index contributed by atoms with van der Waals surface area (Å²) < 4.78 is 13.8. The van der Waals surface area contributed by atoms with Gasteiger partial charge in [0.15, 0.2) is 0 Å². The molecule has 2 aromatic carbocycles. The minimum absolute atomic E-state index is 0.0735. The normalized spacial score (nSPS) is 15.9. The number of benzene rings is 2. The molecule has 0 radical (unpaired) electrons. The zero-order chi connectivity index (χ0) is 21.7. The minimum atomic E-state index is -0.616. The Balaban J connectivity index is 1.72. The van der Waals surface area contributed by atoms with Gasteiger partial charge in [0, 0.05) is 24.3 Å².